The molecule has 29 heavy (non-hydrogen) atoms. The molecule has 1 aromatic rings. The van der Waals surface area contributed by atoms with Gasteiger partial charge in [-0.15, -0.1) is 0 Å². The third kappa shape index (κ3) is 5.49. The Balaban J connectivity index is 1.45. The van der Waals surface area contributed by atoms with Gasteiger partial charge < -0.3 is 9.47 Å². The van der Waals surface area contributed by atoms with Gasteiger partial charge >= 0.3 is 5.97 Å². The Labute approximate surface area is 173 Å². The van der Waals surface area contributed by atoms with Gasteiger partial charge in [0, 0.05) is 0 Å². The fourth-order valence-corrected chi connectivity index (χ4v) is 4.95. The smallest absolute Gasteiger partial charge is 0.309 e. The van der Waals surface area contributed by atoms with Crippen LogP contribution in [0.25, 0.3) is 0 Å². The number of hydrogen-bond acceptors (Lipinski definition) is 3. The summed E-state index contributed by atoms with van der Waals surface area (Å²) in [7, 11) is 0. The zero-order chi connectivity index (χ0) is 20.8. The number of carbonyl (C=O) groups excluding carboxylic acids is 1. The van der Waals surface area contributed by atoms with Crippen molar-refractivity contribution < 1.29 is 23.0 Å². The summed E-state index contributed by atoms with van der Waals surface area (Å²) in [5.74, 6) is -0.906. The van der Waals surface area contributed by atoms with Crippen LogP contribution in [-0.2, 0) is 9.53 Å². The Morgan fingerprint density at radius 2 is 1.72 bits per heavy atom. The molecular formula is C24H34F2O3. The molecule has 1 aliphatic heterocycles. The largest absolute Gasteiger partial charge is 0.491 e. The SMILES string of the molecule is CCCC1CCC(CCC2CCC(c3ccc(OCC)c(F)c3F)CC2)OC1=O. The molecule has 0 N–H and O–H groups in total. The lowest BCUT2D eigenvalue weighted by molar-refractivity contribution is -0.161. The van der Waals surface area contributed by atoms with Gasteiger partial charge in [0.05, 0.1) is 12.5 Å². The minimum Gasteiger partial charge on any atom is -0.491 e. The van der Waals surface area contributed by atoms with Crippen molar-refractivity contribution in [2.75, 3.05) is 6.61 Å². The van der Waals surface area contributed by atoms with E-state index in [1.807, 2.05) is 0 Å². The highest BCUT2D eigenvalue weighted by molar-refractivity contribution is 5.73. The van der Waals surface area contributed by atoms with E-state index in [0.29, 0.717) is 18.1 Å². The van der Waals surface area contributed by atoms with Crippen molar-refractivity contribution in [2.45, 2.75) is 90.1 Å². The number of benzene rings is 1. The first kappa shape index (κ1) is 22.0. The van der Waals surface area contributed by atoms with Gasteiger partial charge in [-0.3, -0.25) is 4.79 Å². The molecule has 1 saturated heterocycles. The van der Waals surface area contributed by atoms with Crippen LogP contribution in [0.5, 0.6) is 5.75 Å². The zero-order valence-electron chi connectivity index (χ0n) is 17.7. The molecule has 1 saturated carbocycles. The number of esters is 1. The monoisotopic (exact) mass is 408 g/mol. The average molecular weight is 409 g/mol. The molecule has 2 unspecified atom stereocenters. The molecule has 0 spiro atoms. The van der Waals surface area contributed by atoms with Gasteiger partial charge in [-0.2, -0.15) is 4.39 Å². The summed E-state index contributed by atoms with van der Waals surface area (Å²) in [4.78, 5) is 12.1. The van der Waals surface area contributed by atoms with Crippen molar-refractivity contribution in [3.63, 3.8) is 0 Å². The maximum absolute atomic E-state index is 14.5. The molecule has 2 aliphatic rings. The topological polar surface area (TPSA) is 35.5 Å². The van der Waals surface area contributed by atoms with E-state index in [1.165, 1.54) is 0 Å². The quantitative estimate of drug-likeness (QED) is 0.458. The first-order valence-electron chi connectivity index (χ1n) is 11.3. The highest BCUT2D eigenvalue weighted by Gasteiger charge is 2.31. The minimum atomic E-state index is -0.869. The Hall–Kier alpha value is -1.65. The van der Waals surface area contributed by atoms with Gasteiger partial charge in [-0.25, -0.2) is 4.39 Å². The van der Waals surface area contributed by atoms with E-state index < -0.39 is 11.6 Å². The summed E-state index contributed by atoms with van der Waals surface area (Å²) in [6, 6.07) is 3.23. The predicted molar refractivity (Wildman–Crippen MR) is 109 cm³/mol. The summed E-state index contributed by atoms with van der Waals surface area (Å²) < 4.78 is 39.4. The molecule has 1 aliphatic carbocycles. The van der Waals surface area contributed by atoms with Crippen LogP contribution in [0.3, 0.4) is 0 Å². The van der Waals surface area contributed by atoms with Gasteiger partial charge in [0.15, 0.2) is 11.6 Å². The van der Waals surface area contributed by atoms with Crippen molar-refractivity contribution >= 4 is 5.97 Å². The third-order valence-corrected chi connectivity index (χ3v) is 6.65. The van der Waals surface area contributed by atoms with Crippen LogP contribution in [0.15, 0.2) is 12.1 Å². The second-order valence-electron chi connectivity index (χ2n) is 8.63. The standard InChI is InChI=1S/C24H34F2O3/c1-3-5-18-11-13-19(29-24(18)27)12-8-16-6-9-17(10-7-16)20-14-15-21(28-4-2)23(26)22(20)25/h14-19H,3-13H2,1-2H3. The van der Waals surface area contributed by atoms with Crippen molar-refractivity contribution in [2.24, 2.45) is 11.8 Å². The fourth-order valence-electron chi connectivity index (χ4n) is 4.95. The summed E-state index contributed by atoms with van der Waals surface area (Å²) >= 11 is 0. The number of carbonyl (C=O) groups is 1. The number of hydrogen-bond donors (Lipinski definition) is 0. The second-order valence-corrected chi connectivity index (χ2v) is 8.63. The summed E-state index contributed by atoms with van der Waals surface area (Å²) in [6.45, 7) is 4.17. The number of halogens is 2. The van der Waals surface area contributed by atoms with E-state index in [-0.39, 0.29) is 29.7 Å². The van der Waals surface area contributed by atoms with E-state index in [0.717, 1.165) is 64.2 Å². The molecule has 1 aromatic carbocycles. The molecule has 5 heteroatoms. The van der Waals surface area contributed by atoms with E-state index in [4.69, 9.17) is 9.47 Å². The lowest BCUT2D eigenvalue weighted by Crippen LogP contribution is -2.31. The van der Waals surface area contributed by atoms with Crippen LogP contribution < -0.4 is 4.74 Å². The molecular weight excluding hydrogens is 374 g/mol. The second kappa shape index (κ2) is 10.4. The van der Waals surface area contributed by atoms with Crippen LogP contribution in [0.2, 0.25) is 0 Å². The molecule has 0 amide bonds. The maximum Gasteiger partial charge on any atom is 0.309 e. The van der Waals surface area contributed by atoms with Gasteiger partial charge in [-0.05, 0) is 88.2 Å². The molecule has 3 nitrogen and oxygen atoms in total. The minimum absolute atomic E-state index is 0.00867. The van der Waals surface area contributed by atoms with E-state index >= 15 is 0 Å². The lowest BCUT2D eigenvalue weighted by atomic mass is 9.76. The van der Waals surface area contributed by atoms with E-state index in [9.17, 15) is 13.6 Å². The van der Waals surface area contributed by atoms with Gasteiger partial charge in [0.25, 0.3) is 0 Å². The fraction of sp³-hybridized carbons (Fsp3) is 0.708. The first-order valence-corrected chi connectivity index (χ1v) is 11.3. The van der Waals surface area contributed by atoms with E-state index in [1.54, 1.807) is 19.1 Å². The number of rotatable bonds is 8. The summed E-state index contributed by atoms with van der Waals surface area (Å²) in [5.41, 5.74) is 0.479. The summed E-state index contributed by atoms with van der Waals surface area (Å²) in [6.07, 6.45) is 9.67. The Morgan fingerprint density at radius 1 is 0.966 bits per heavy atom. The van der Waals surface area contributed by atoms with Crippen molar-refractivity contribution in [3.8, 4) is 5.75 Å². The Morgan fingerprint density at radius 3 is 2.38 bits per heavy atom. The van der Waals surface area contributed by atoms with Crippen molar-refractivity contribution in [1.29, 1.82) is 0 Å². The molecule has 3 rings (SSSR count). The number of ether oxygens (including phenoxy) is 2. The van der Waals surface area contributed by atoms with Crippen LogP contribution in [0, 0.1) is 23.5 Å². The van der Waals surface area contributed by atoms with Gasteiger partial charge in [0.1, 0.15) is 6.10 Å². The highest BCUT2D eigenvalue weighted by Crippen LogP contribution is 2.40. The molecule has 1 heterocycles. The van der Waals surface area contributed by atoms with Crippen LogP contribution >= 0.6 is 0 Å². The third-order valence-electron chi connectivity index (χ3n) is 6.65. The summed E-state index contributed by atoms with van der Waals surface area (Å²) in [5, 5.41) is 0. The molecule has 162 valence electrons. The van der Waals surface area contributed by atoms with Gasteiger partial charge in [-0.1, -0.05) is 19.4 Å². The Bertz CT molecular complexity index is 683. The first-order chi connectivity index (χ1) is 14.0. The Kier molecular flexibility index (Phi) is 7.91. The molecule has 0 bridgehead atoms. The predicted octanol–water partition coefficient (Wildman–Crippen LogP) is 6.54. The highest BCUT2D eigenvalue weighted by atomic mass is 19.2. The molecule has 2 fully saturated rings. The normalized spacial score (nSPS) is 27.5. The van der Waals surface area contributed by atoms with Crippen LogP contribution in [0.4, 0.5) is 8.78 Å². The van der Waals surface area contributed by atoms with Gasteiger partial charge in [0.2, 0.25) is 5.82 Å². The van der Waals surface area contributed by atoms with Crippen molar-refractivity contribution in [1.82, 2.24) is 0 Å². The van der Waals surface area contributed by atoms with E-state index in [2.05, 4.69) is 6.92 Å². The lowest BCUT2D eigenvalue weighted by Gasteiger charge is -2.32. The molecule has 2 atom stereocenters. The zero-order valence-corrected chi connectivity index (χ0v) is 17.7. The van der Waals surface area contributed by atoms with Crippen LogP contribution in [0.1, 0.15) is 89.5 Å². The average Bonchev–Trinajstić information content (AvgIpc) is 2.73. The maximum atomic E-state index is 14.5. The molecule has 0 radical (unpaired) electrons. The molecule has 0 aromatic heterocycles. The van der Waals surface area contributed by atoms with Crippen LogP contribution in [-0.4, -0.2) is 18.7 Å². The number of cyclic esters (lactones) is 1. The van der Waals surface area contributed by atoms with Crippen molar-refractivity contribution in [3.05, 3.63) is 29.3 Å².